The Morgan fingerprint density at radius 3 is 2.57 bits per heavy atom. The van der Waals surface area contributed by atoms with Gasteiger partial charge >= 0.3 is 0 Å². The maximum Gasteiger partial charge on any atom is 0.252 e. The van der Waals surface area contributed by atoms with Gasteiger partial charge in [0.25, 0.3) is 5.91 Å². The highest BCUT2D eigenvalue weighted by Gasteiger charge is 2.69. The smallest absolute Gasteiger partial charge is 0.252 e. The molecule has 2 aliphatic carbocycles. The van der Waals surface area contributed by atoms with Crippen LogP contribution >= 0.6 is 11.6 Å². The monoisotopic (exact) mass is 428 g/mol. The first kappa shape index (κ1) is 20.1. The minimum Gasteiger partial charge on any atom is -0.351 e. The van der Waals surface area contributed by atoms with Gasteiger partial charge in [-0.05, 0) is 54.2 Å². The maximum atomic E-state index is 13.2. The van der Waals surface area contributed by atoms with Crippen LogP contribution in [0.3, 0.4) is 0 Å². The molecule has 0 spiro atoms. The zero-order valence-corrected chi connectivity index (χ0v) is 17.5. The fourth-order valence-electron chi connectivity index (χ4n) is 4.93. The fraction of sp³-hybridized carbons (Fsp3) is 0.650. The lowest BCUT2D eigenvalue weighted by molar-refractivity contribution is 0.0937. The Morgan fingerprint density at radius 1 is 1.32 bits per heavy atom. The molecule has 1 N–H and O–H groups in total. The van der Waals surface area contributed by atoms with Gasteiger partial charge in [-0.1, -0.05) is 31.4 Å². The largest absolute Gasteiger partial charge is 0.351 e. The SMILES string of the molecule is CCCS(=O)(=O)N1CC2C(C1)C2(CNC(=O)c1ccc(F)cc1Cl)CC1CC1. The number of halogens is 2. The number of fused-ring (bicyclic) bond motifs is 1. The summed E-state index contributed by atoms with van der Waals surface area (Å²) in [6.45, 7) is 3.52. The molecule has 154 valence electrons. The summed E-state index contributed by atoms with van der Waals surface area (Å²) < 4.78 is 39.6. The average molecular weight is 429 g/mol. The van der Waals surface area contributed by atoms with Crippen molar-refractivity contribution in [3.05, 3.63) is 34.6 Å². The van der Waals surface area contributed by atoms with Crippen molar-refractivity contribution in [1.82, 2.24) is 9.62 Å². The molecule has 4 rings (SSSR count). The van der Waals surface area contributed by atoms with E-state index in [0.717, 1.165) is 12.5 Å². The summed E-state index contributed by atoms with van der Waals surface area (Å²) in [6.07, 6.45) is 4.10. The Bertz CT molecular complexity index is 875. The van der Waals surface area contributed by atoms with Crippen LogP contribution in [-0.4, -0.2) is 44.0 Å². The highest BCUT2D eigenvalue weighted by atomic mass is 35.5. The van der Waals surface area contributed by atoms with Crippen molar-refractivity contribution in [2.45, 2.75) is 32.6 Å². The number of carbonyl (C=O) groups is 1. The number of nitrogens with one attached hydrogen (secondary N) is 1. The van der Waals surface area contributed by atoms with E-state index in [2.05, 4.69) is 5.32 Å². The van der Waals surface area contributed by atoms with Crippen LogP contribution in [0.15, 0.2) is 18.2 Å². The molecule has 0 aromatic heterocycles. The Kier molecular flexibility index (Phi) is 5.21. The third-order valence-corrected chi connectivity index (χ3v) is 8.95. The van der Waals surface area contributed by atoms with Crippen molar-refractivity contribution in [2.75, 3.05) is 25.4 Å². The summed E-state index contributed by atoms with van der Waals surface area (Å²) in [5.41, 5.74) is 0.254. The number of hydrogen-bond acceptors (Lipinski definition) is 3. The van der Waals surface area contributed by atoms with Gasteiger partial charge < -0.3 is 5.32 Å². The van der Waals surface area contributed by atoms with Gasteiger partial charge in [-0.25, -0.2) is 17.1 Å². The molecule has 5 nitrogen and oxygen atoms in total. The number of sulfonamides is 1. The minimum atomic E-state index is -3.17. The van der Waals surface area contributed by atoms with Gasteiger partial charge in [-0.15, -0.1) is 0 Å². The summed E-state index contributed by atoms with van der Waals surface area (Å²) >= 11 is 6.00. The van der Waals surface area contributed by atoms with Crippen molar-refractivity contribution in [3.8, 4) is 0 Å². The molecule has 8 heteroatoms. The van der Waals surface area contributed by atoms with Gasteiger partial charge in [0, 0.05) is 19.6 Å². The van der Waals surface area contributed by atoms with E-state index in [1.165, 1.54) is 25.0 Å². The summed E-state index contributed by atoms with van der Waals surface area (Å²) in [4.78, 5) is 12.6. The van der Waals surface area contributed by atoms with E-state index in [-0.39, 0.29) is 27.7 Å². The van der Waals surface area contributed by atoms with Gasteiger partial charge in [0.1, 0.15) is 5.82 Å². The second-order valence-corrected chi connectivity index (χ2v) is 11.0. The average Bonchev–Trinajstić information content (AvgIpc) is 3.48. The molecule has 0 bridgehead atoms. The lowest BCUT2D eigenvalue weighted by Crippen LogP contribution is -2.40. The Balaban J connectivity index is 1.42. The van der Waals surface area contributed by atoms with Gasteiger partial charge in [0.2, 0.25) is 10.0 Å². The topological polar surface area (TPSA) is 66.5 Å². The predicted octanol–water partition coefficient (Wildman–Crippen LogP) is 3.30. The second kappa shape index (κ2) is 7.26. The third-order valence-electron chi connectivity index (χ3n) is 6.63. The summed E-state index contributed by atoms with van der Waals surface area (Å²) in [5, 5.41) is 3.09. The number of nitrogens with zero attached hydrogens (tertiary/aromatic N) is 1. The van der Waals surface area contributed by atoms with E-state index in [1.54, 1.807) is 4.31 Å². The predicted molar refractivity (Wildman–Crippen MR) is 106 cm³/mol. The molecular formula is C20H26ClFN2O3S. The molecular weight excluding hydrogens is 403 g/mol. The third kappa shape index (κ3) is 3.68. The van der Waals surface area contributed by atoms with E-state index in [0.29, 0.717) is 43.8 Å². The number of hydrogen-bond donors (Lipinski definition) is 1. The van der Waals surface area contributed by atoms with Crippen molar-refractivity contribution >= 4 is 27.5 Å². The molecule has 1 aromatic rings. The first-order valence-corrected chi connectivity index (χ1v) is 12.0. The Morgan fingerprint density at radius 2 is 2.00 bits per heavy atom. The molecule has 2 unspecified atom stereocenters. The highest BCUT2D eigenvalue weighted by Crippen LogP contribution is 2.67. The minimum absolute atomic E-state index is 0.0123. The quantitative estimate of drug-likeness (QED) is 0.690. The van der Waals surface area contributed by atoms with Gasteiger partial charge in [-0.2, -0.15) is 0 Å². The fourth-order valence-corrected chi connectivity index (χ4v) is 6.73. The molecule has 28 heavy (non-hydrogen) atoms. The van der Waals surface area contributed by atoms with Crippen LogP contribution in [0, 0.1) is 29.0 Å². The second-order valence-electron chi connectivity index (χ2n) is 8.53. The number of benzene rings is 1. The number of amides is 1. The molecule has 1 aromatic carbocycles. The summed E-state index contributed by atoms with van der Waals surface area (Å²) in [6, 6.07) is 3.76. The van der Waals surface area contributed by atoms with E-state index < -0.39 is 15.8 Å². The molecule has 1 amide bonds. The van der Waals surface area contributed by atoms with Crippen LogP contribution in [0.2, 0.25) is 5.02 Å². The highest BCUT2D eigenvalue weighted by molar-refractivity contribution is 7.89. The van der Waals surface area contributed by atoms with E-state index in [4.69, 9.17) is 11.6 Å². The van der Waals surface area contributed by atoms with Gasteiger partial charge in [-0.3, -0.25) is 4.79 Å². The zero-order valence-electron chi connectivity index (χ0n) is 16.0. The zero-order chi connectivity index (χ0) is 20.1. The van der Waals surface area contributed by atoms with Gasteiger partial charge in [0.15, 0.2) is 0 Å². The lowest BCUT2D eigenvalue weighted by Gasteiger charge is -2.27. The Hall–Kier alpha value is -1.18. The van der Waals surface area contributed by atoms with E-state index >= 15 is 0 Å². The molecule has 1 heterocycles. The molecule has 2 atom stereocenters. The maximum absolute atomic E-state index is 13.2. The first-order chi connectivity index (χ1) is 13.3. The van der Waals surface area contributed by atoms with Crippen molar-refractivity contribution < 1.29 is 17.6 Å². The standard InChI is InChI=1S/C20H26ClFN2O3S/c1-2-7-28(26,27)24-10-16-17(11-24)20(16,9-13-3-4-13)12-23-19(25)15-6-5-14(22)8-18(15)21/h5-6,8,13,16-17H,2-4,7,9-12H2,1H3,(H,23,25). The normalized spacial score (nSPS) is 29.5. The Labute approximate surface area is 170 Å². The lowest BCUT2D eigenvalue weighted by atomic mass is 9.92. The van der Waals surface area contributed by atoms with Crippen LogP contribution in [0.5, 0.6) is 0 Å². The molecule has 2 saturated carbocycles. The van der Waals surface area contributed by atoms with E-state index in [1.807, 2.05) is 6.92 Å². The number of piperidine rings is 1. The van der Waals surface area contributed by atoms with Crippen molar-refractivity contribution in [1.29, 1.82) is 0 Å². The summed E-state index contributed by atoms with van der Waals surface area (Å²) in [5.74, 6) is 0.726. The van der Waals surface area contributed by atoms with Crippen LogP contribution < -0.4 is 5.32 Å². The van der Waals surface area contributed by atoms with Crippen LogP contribution in [0.1, 0.15) is 43.0 Å². The molecule has 1 saturated heterocycles. The summed E-state index contributed by atoms with van der Waals surface area (Å²) in [7, 11) is -3.17. The number of carbonyl (C=O) groups excluding carboxylic acids is 1. The molecule has 1 aliphatic heterocycles. The molecule has 3 aliphatic rings. The van der Waals surface area contributed by atoms with Gasteiger partial charge in [0.05, 0.1) is 16.3 Å². The molecule has 0 radical (unpaired) electrons. The van der Waals surface area contributed by atoms with Crippen LogP contribution in [-0.2, 0) is 10.0 Å². The van der Waals surface area contributed by atoms with Crippen LogP contribution in [0.4, 0.5) is 4.39 Å². The number of rotatable bonds is 8. The van der Waals surface area contributed by atoms with Crippen LogP contribution in [0.25, 0.3) is 0 Å². The first-order valence-electron chi connectivity index (χ1n) is 9.98. The van der Waals surface area contributed by atoms with Crippen molar-refractivity contribution in [2.24, 2.45) is 23.2 Å². The van der Waals surface area contributed by atoms with Crippen molar-refractivity contribution in [3.63, 3.8) is 0 Å². The van der Waals surface area contributed by atoms with E-state index in [9.17, 15) is 17.6 Å². The molecule has 3 fully saturated rings.